The largest absolute Gasteiger partial charge is 0.325 e. The van der Waals surface area contributed by atoms with Gasteiger partial charge in [0.05, 0.1) is 11.6 Å². The van der Waals surface area contributed by atoms with Gasteiger partial charge in [0.1, 0.15) is 0 Å². The zero-order chi connectivity index (χ0) is 12.9. The third-order valence-electron chi connectivity index (χ3n) is 2.07. The van der Waals surface area contributed by atoms with Gasteiger partial charge in [0.15, 0.2) is 0 Å². The van der Waals surface area contributed by atoms with E-state index in [-0.39, 0.29) is 5.56 Å². The Labute approximate surface area is 109 Å². The van der Waals surface area contributed by atoms with E-state index in [1.807, 2.05) is 6.92 Å². The zero-order valence-corrected chi connectivity index (χ0v) is 12.5. The zero-order valence-electron chi connectivity index (χ0n) is 9.95. The molecule has 0 saturated carbocycles. The molecule has 0 N–H and O–H groups in total. The molecular weight excluding hydrogens is 279 g/mol. The minimum absolute atomic E-state index is 0.150. The Hall–Kier alpha value is -0.200. The summed E-state index contributed by atoms with van der Waals surface area (Å²) in [6.07, 6.45) is 0.785. The van der Waals surface area contributed by atoms with Crippen molar-refractivity contribution in [1.29, 1.82) is 0 Å². The summed E-state index contributed by atoms with van der Waals surface area (Å²) >= 11 is 6.49. The van der Waals surface area contributed by atoms with Crippen molar-refractivity contribution in [3.8, 4) is 0 Å². The van der Waals surface area contributed by atoms with E-state index in [0.29, 0.717) is 5.88 Å². The molecule has 0 aliphatic carbocycles. The number of nitrogens with zero attached hydrogens (tertiary/aromatic N) is 2. The highest BCUT2D eigenvalue weighted by atomic mass is 32.9. The molecule has 8 heteroatoms. The summed E-state index contributed by atoms with van der Waals surface area (Å²) in [4.78, 5) is 11.6. The van der Waals surface area contributed by atoms with Gasteiger partial charge in [-0.15, -0.1) is 0 Å². The van der Waals surface area contributed by atoms with Gasteiger partial charge in [-0.1, -0.05) is 6.92 Å². The van der Waals surface area contributed by atoms with Gasteiger partial charge in [0, 0.05) is 20.3 Å². The van der Waals surface area contributed by atoms with Crippen LogP contribution in [-0.4, -0.2) is 24.0 Å². The second kappa shape index (κ2) is 6.66. The highest BCUT2D eigenvalue weighted by Crippen LogP contribution is 2.60. The fourth-order valence-electron chi connectivity index (χ4n) is 1.08. The van der Waals surface area contributed by atoms with E-state index in [1.54, 1.807) is 6.07 Å². The molecule has 0 aliphatic heterocycles. The average Bonchev–Trinajstić information content (AvgIpc) is 2.37. The first kappa shape index (κ1) is 14.9. The second-order valence-electron chi connectivity index (χ2n) is 3.09. The molecule has 0 aromatic carbocycles. The lowest BCUT2D eigenvalue weighted by atomic mass is 10.3. The van der Waals surface area contributed by atoms with Crippen LogP contribution in [0.3, 0.4) is 0 Å². The quantitative estimate of drug-likeness (QED) is 0.748. The predicted molar refractivity (Wildman–Crippen MR) is 73.8 cm³/mol. The maximum absolute atomic E-state index is 11.6. The average molecular weight is 294 g/mol. The summed E-state index contributed by atoms with van der Waals surface area (Å²) in [6.45, 7) is 1.99. The molecule has 0 radical (unpaired) electrons. The molecular formula is C9H15N2O3PS2. The van der Waals surface area contributed by atoms with Gasteiger partial charge in [-0.3, -0.25) is 4.79 Å². The number of hydrogen-bond acceptors (Lipinski definition) is 6. The third kappa shape index (κ3) is 4.19. The van der Waals surface area contributed by atoms with Crippen LogP contribution >= 0.6 is 17.1 Å². The summed E-state index contributed by atoms with van der Waals surface area (Å²) < 4.78 is 11.6. The van der Waals surface area contributed by atoms with Gasteiger partial charge in [0.25, 0.3) is 5.56 Å². The van der Waals surface area contributed by atoms with E-state index in [4.69, 9.17) is 20.9 Å². The molecule has 1 heterocycles. The predicted octanol–water partition coefficient (Wildman–Crippen LogP) is 2.01. The van der Waals surface area contributed by atoms with Gasteiger partial charge in [-0.25, -0.2) is 4.68 Å². The van der Waals surface area contributed by atoms with Crippen LogP contribution in [0.4, 0.5) is 0 Å². The Morgan fingerprint density at radius 2 is 2.12 bits per heavy atom. The van der Waals surface area contributed by atoms with Crippen molar-refractivity contribution in [3.63, 3.8) is 0 Å². The summed E-state index contributed by atoms with van der Waals surface area (Å²) in [7, 11) is 3.02. The van der Waals surface area contributed by atoms with Gasteiger partial charge in [-0.05, 0) is 35.7 Å². The first-order valence-electron chi connectivity index (χ1n) is 4.97. The molecule has 0 amide bonds. The van der Waals surface area contributed by atoms with Crippen molar-refractivity contribution in [1.82, 2.24) is 9.78 Å². The van der Waals surface area contributed by atoms with Crippen LogP contribution in [0.1, 0.15) is 12.6 Å². The van der Waals surface area contributed by atoms with E-state index in [0.717, 1.165) is 12.1 Å². The topological polar surface area (TPSA) is 53.4 Å². The molecule has 0 spiro atoms. The van der Waals surface area contributed by atoms with Crippen LogP contribution in [-0.2, 0) is 33.2 Å². The van der Waals surface area contributed by atoms with E-state index in [9.17, 15) is 4.79 Å². The van der Waals surface area contributed by atoms with Crippen LogP contribution in [0, 0.1) is 0 Å². The van der Waals surface area contributed by atoms with Gasteiger partial charge < -0.3 is 9.05 Å². The SMILES string of the molecule is CCc1ccc(=O)n(CSP(=S)(OC)OC)n1. The van der Waals surface area contributed by atoms with Gasteiger partial charge in [0.2, 0.25) is 5.69 Å². The number of rotatable bonds is 6. The maximum atomic E-state index is 11.6. The monoisotopic (exact) mass is 294 g/mol. The Bertz CT molecular complexity index is 470. The summed E-state index contributed by atoms with van der Waals surface area (Å²) in [5, 5.41) is 4.21. The smallest absolute Gasteiger partial charge is 0.267 e. The lowest BCUT2D eigenvalue weighted by Gasteiger charge is -2.16. The van der Waals surface area contributed by atoms with Crippen LogP contribution < -0.4 is 5.56 Å². The van der Waals surface area contributed by atoms with Crippen molar-refractivity contribution in [2.24, 2.45) is 0 Å². The minimum Gasteiger partial charge on any atom is -0.325 e. The van der Waals surface area contributed by atoms with Crippen LogP contribution in [0.2, 0.25) is 0 Å². The summed E-state index contributed by atoms with van der Waals surface area (Å²) in [5.74, 6) is 0.339. The van der Waals surface area contributed by atoms with Crippen LogP contribution in [0.5, 0.6) is 0 Å². The molecule has 96 valence electrons. The van der Waals surface area contributed by atoms with E-state index >= 15 is 0 Å². The molecule has 0 unspecified atom stereocenters. The Morgan fingerprint density at radius 1 is 1.47 bits per heavy atom. The minimum atomic E-state index is -2.34. The Morgan fingerprint density at radius 3 is 2.65 bits per heavy atom. The highest BCUT2D eigenvalue weighted by Gasteiger charge is 2.16. The lowest BCUT2D eigenvalue weighted by molar-refractivity contribution is 0.353. The Balaban J connectivity index is 2.82. The van der Waals surface area contributed by atoms with Gasteiger partial charge in [-0.2, -0.15) is 5.10 Å². The van der Waals surface area contributed by atoms with Crippen molar-refractivity contribution in [2.45, 2.75) is 19.2 Å². The summed E-state index contributed by atoms with van der Waals surface area (Å²) in [5.41, 5.74) is -1.62. The first-order valence-corrected chi connectivity index (χ1v) is 9.20. The molecule has 0 saturated heterocycles. The molecule has 5 nitrogen and oxygen atoms in total. The molecule has 1 aromatic rings. The fourth-order valence-corrected chi connectivity index (χ4v) is 3.68. The van der Waals surface area contributed by atoms with Crippen molar-refractivity contribution in [3.05, 3.63) is 28.2 Å². The second-order valence-corrected chi connectivity index (χ2v) is 9.58. The molecule has 0 atom stereocenters. The molecule has 17 heavy (non-hydrogen) atoms. The maximum Gasteiger partial charge on any atom is 0.267 e. The molecule has 0 fully saturated rings. The number of aromatic nitrogens is 2. The first-order chi connectivity index (χ1) is 8.04. The summed E-state index contributed by atoms with van der Waals surface area (Å²) in [6, 6.07) is 3.24. The van der Waals surface area contributed by atoms with Crippen LogP contribution in [0.25, 0.3) is 0 Å². The molecule has 1 rings (SSSR count). The fraction of sp³-hybridized carbons (Fsp3) is 0.556. The van der Waals surface area contributed by atoms with E-state index < -0.39 is 5.69 Å². The van der Waals surface area contributed by atoms with Crippen molar-refractivity contribution < 1.29 is 9.05 Å². The normalized spacial score (nSPS) is 11.7. The van der Waals surface area contributed by atoms with Crippen molar-refractivity contribution in [2.75, 3.05) is 14.2 Å². The molecule has 1 aromatic heterocycles. The molecule has 0 aliphatic rings. The van der Waals surface area contributed by atoms with Crippen LogP contribution in [0.15, 0.2) is 16.9 Å². The number of hydrogen-bond donors (Lipinski definition) is 0. The van der Waals surface area contributed by atoms with E-state index in [2.05, 4.69) is 5.10 Å². The molecule has 0 bridgehead atoms. The Kier molecular flexibility index (Phi) is 5.82. The number of aryl methyl sites for hydroxylation is 1. The lowest BCUT2D eigenvalue weighted by Crippen LogP contribution is -2.21. The third-order valence-corrected chi connectivity index (χ3v) is 7.67. The highest BCUT2D eigenvalue weighted by molar-refractivity contribution is 8.67. The van der Waals surface area contributed by atoms with Crippen molar-refractivity contribution >= 4 is 28.9 Å². The van der Waals surface area contributed by atoms with Gasteiger partial charge >= 0.3 is 0 Å². The van der Waals surface area contributed by atoms with E-state index in [1.165, 1.54) is 36.3 Å². The standard InChI is InChI=1S/C9H15N2O3PS2/c1-4-8-5-6-9(12)11(10-8)7-17-15(16,13-2)14-3/h5-6H,4,7H2,1-3H3.